The van der Waals surface area contributed by atoms with E-state index in [1.807, 2.05) is 17.0 Å². The summed E-state index contributed by atoms with van der Waals surface area (Å²) in [4.78, 5) is 28.8. The number of alkyl halides is 3. The standard InChI is InChI=1S/C17H20Cl3N5O/c18-17(19,20)16-21-12-5-6-13(22-14(12)23-16)25-9-3-4-11(10-25)15(26)24-7-1-2-8-24/h5-6,11H,1-4,7-10H2,(H,21,22,23)/t11-/m1/s1. The average molecular weight is 417 g/mol. The number of hydrogen-bond acceptors (Lipinski definition) is 4. The maximum absolute atomic E-state index is 12.7. The summed E-state index contributed by atoms with van der Waals surface area (Å²) < 4.78 is -1.61. The Kier molecular flexibility index (Phi) is 4.92. The molecule has 2 aromatic heterocycles. The van der Waals surface area contributed by atoms with Crippen molar-refractivity contribution < 1.29 is 4.79 Å². The van der Waals surface area contributed by atoms with Crippen LogP contribution >= 0.6 is 34.8 Å². The zero-order valence-electron chi connectivity index (χ0n) is 14.2. The Hall–Kier alpha value is -1.24. The average Bonchev–Trinajstić information content (AvgIpc) is 3.29. The predicted octanol–water partition coefficient (Wildman–Crippen LogP) is 3.62. The van der Waals surface area contributed by atoms with Crippen LogP contribution in [0.1, 0.15) is 31.5 Å². The topological polar surface area (TPSA) is 65.1 Å². The second kappa shape index (κ2) is 7.06. The molecule has 1 N–H and O–H groups in total. The molecule has 9 heteroatoms. The molecule has 2 aromatic rings. The lowest BCUT2D eigenvalue weighted by atomic mass is 9.96. The molecule has 2 aliphatic heterocycles. The summed E-state index contributed by atoms with van der Waals surface area (Å²) in [6.45, 7) is 3.36. The molecule has 4 heterocycles. The van der Waals surface area contributed by atoms with Gasteiger partial charge < -0.3 is 14.8 Å². The van der Waals surface area contributed by atoms with E-state index in [1.165, 1.54) is 0 Å². The van der Waals surface area contributed by atoms with Crippen LogP contribution in [0, 0.1) is 5.92 Å². The number of nitrogens with one attached hydrogen (secondary N) is 1. The van der Waals surface area contributed by atoms with Crippen molar-refractivity contribution in [3.63, 3.8) is 0 Å². The molecule has 2 saturated heterocycles. The minimum Gasteiger partial charge on any atom is -0.356 e. The Morgan fingerprint density at radius 3 is 2.62 bits per heavy atom. The van der Waals surface area contributed by atoms with Crippen LogP contribution in [0.5, 0.6) is 0 Å². The van der Waals surface area contributed by atoms with Crippen LogP contribution < -0.4 is 4.90 Å². The maximum Gasteiger partial charge on any atom is 0.248 e. The number of piperidine rings is 1. The molecule has 1 atom stereocenters. The zero-order valence-corrected chi connectivity index (χ0v) is 16.5. The van der Waals surface area contributed by atoms with Crippen LogP contribution in [-0.4, -0.2) is 51.9 Å². The number of rotatable bonds is 2. The number of carbonyl (C=O) groups is 1. The van der Waals surface area contributed by atoms with E-state index in [0.717, 1.165) is 56.7 Å². The molecule has 0 radical (unpaired) electrons. The van der Waals surface area contributed by atoms with Gasteiger partial charge >= 0.3 is 0 Å². The molecule has 140 valence electrons. The third-order valence-electron chi connectivity index (χ3n) is 5.11. The second-order valence-electron chi connectivity index (χ2n) is 6.94. The van der Waals surface area contributed by atoms with Crippen LogP contribution in [0.15, 0.2) is 12.1 Å². The number of halogens is 3. The summed E-state index contributed by atoms with van der Waals surface area (Å²) in [6.07, 6.45) is 4.15. The zero-order chi connectivity index (χ0) is 18.3. The predicted molar refractivity (Wildman–Crippen MR) is 104 cm³/mol. The van der Waals surface area contributed by atoms with Crippen molar-refractivity contribution in [2.75, 3.05) is 31.1 Å². The van der Waals surface area contributed by atoms with Gasteiger partial charge in [0.25, 0.3) is 0 Å². The van der Waals surface area contributed by atoms with Gasteiger partial charge in [-0.05, 0) is 37.8 Å². The third kappa shape index (κ3) is 3.59. The lowest BCUT2D eigenvalue weighted by Gasteiger charge is -2.34. The van der Waals surface area contributed by atoms with Gasteiger partial charge in [-0.3, -0.25) is 4.79 Å². The summed E-state index contributed by atoms with van der Waals surface area (Å²) in [7, 11) is 0. The summed E-state index contributed by atoms with van der Waals surface area (Å²) in [5, 5.41) is 0. The fraction of sp³-hybridized carbons (Fsp3) is 0.588. The second-order valence-corrected chi connectivity index (χ2v) is 9.22. The molecule has 4 rings (SSSR count). The van der Waals surface area contributed by atoms with E-state index in [1.54, 1.807) is 0 Å². The van der Waals surface area contributed by atoms with Crippen molar-refractivity contribution in [3.8, 4) is 0 Å². The Balaban J connectivity index is 1.53. The number of imidazole rings is 1. The van der Waals surface area contributed by atoms with E-state index in [4.69, 9.17) is 34.8 Å². The quantitative estimate of drug-likeness (QED) is 0.759. The molecule has 1 amide bonds. The highest BCUT2D eigenvalue weighted by Crippen LogP contribution is 2.37. The van der Waals surface area contributed by atoms with Gasteiger partial charge in [0.1, 0.15) is 5.82 Å². The Bertz CT molecular complexity index is 812. The number of aromatic nitrogens is 3. The normalized spacial score (nSPS) is 21.6. The summed E-state index contributed by atoms with van der Waals surface area (Å²) >= 11 is 17.7. The van der Waals surface area contributed by atoms with Crippen molar-refractivity contribution in [1.82, 2.24) is 19.9 Å². The van der Waals surface area contributed by atoms with Crippen LogP contribution in [0.3, 0.4) is 0 Å². The van der Waals surface area contributed by atoms with Gasteiger partial charge in [-0.15, -0.1) is 0 Å². The van der Waals surface area contributed by atoms with Gasteiger partial charge in [0.05, 0.1) is 11.4 Å². The lowest BCUT2D eigenvalue weighted by Crippen LogP contribution is -2.44. The first-order chi connectivity index (χ1) is 12.4. The van der Waals surface area contributed by atoms with E-state index in [-0.39, 0.29) is 17.6 Å². The van der Waals surface area contributed by atoms with E-state index >= 15 is 0 Å². The summed E-state index contributed by atoms with van der Waals surface area (Å²) in [6, 6.07) is 3.81. The Labute approximate surface area is 166 Å². The van der Waals surface area contributed by atoms with E-state index in [9.17, 15) is 4.79 Å². The van der Waals surface area contributed by atoms with Gasteiger partial charge in [0, 0.05) is 26.2 Å². The molecular formula is C17H20Cl3N5O. The molecule has 0 bridgehead atoms. The number of anilines is 1. The van der Waals surface area contributed by atoms with Crippen molar-refractivity contribution in [2.24, 2.45) is 5.92 Å². The number of fused-ring (bicyclic) bond motifs is 1. The summed E-state index contributed by atoms with van der Waals surface area (Å²) in [5.41, 5.74) is 1.23. The number of hydrogen-bond donors (Lipinski definition) is 1. The molecular weight excluding hydrogens is 397 g/mol. The number of likely N-dealkylation sites (tertiary alicyclic amines) is 1. The highest BCUT2D eigenvalue weighted by Gasteiger charge is 2.31. The smallest absolute Gasteiger partial charge is 0.248 e. The van der Waals surface area contributed by atoms with Crippen LogP contribution in [0.25, 0.3) is 11.2 Å². The number of amides is 1. The first-order valence-corrected chi connectivity index (χ1v) is 10.0. The van der Waals surface area contributed by atoms with Crippen LogP contribution in [0.4, 0.5) is 5.82 Å². The molecule has 0 saturated carbocycles. The van der Waals surface area contributed by atoms with Gasteiger partial charge in [-0.1, -0.05) is 34.8 Å². The van der Waals surface area contributed by atoms with Gasteiger partial charge in [0.2, 0.25) is 9.70 Å². The van der Waals surface area contributed by atoms with Crippen molar-refractivity contribution >= 4 is 57.7 Å². The number of pyridine rings is 1. The van der Waals surface area contributed by atoms with Crippen LogP contribution in [-0.2, 0) is 8.59 Å². The highest BCUT2D eigenvalue weighted by atomic mass is 35.6. The molecule has 0 aromatic carbocycles. The fourth-order valence-electron chi connectivity index (χ4n) is 3.78. The highest BCUT2D eigenvalue weighted by molar-refractivity contribution is 6.66. The minimum absolute atomic E-state index is 0.0373. The molecule has 2 fully saturated rings. The van der Waals surface area contributed by atoms with Gasteiger partial charge in [0.15, 0.2) is 11.5 Å². The molecule has 0 spiro atoms. The number of aromatic amines is 1. The first-order valence-electron chi connectivity index (χ1n) is 8.89. The van der Waals surface area contributed by atoms with Gasteiger partial charge in [-0.25, -0.2) is 9.97 Å². The van der Waals surface area contributed by atoms with Crippen LogP contribution in [0.2, 0.25) is 0 Å². The number of nitrogens with zero attached hydrogens (tertiary/aromatic N) is 4. The minimum atomic E-state index is -1.61. The lowest BCUT2D eigenvalue weighted by molar-refractivity contribution is -0.134. The van der Waals surface area contributed by atoms with Crippen molar-refractivity contribution in [3.05, 3.63) is 18.0 Å². The molecule has 26 heavy (non-hydrogen) atoms. The maximum atomic E-state index is 12.7. The Morgan fingerprint density at radius 2 is 1.88 bits per heavy atom. The van der Waals surface area contributed by atoms with Crippen molar-refractivity contribution in [1.29, 1.82) is 0 Å². The van der Waals surface area contributed by atoms with Crippen molar-refractivity contribution in [2.45, 2.75) is 29.5 Å². The van der Waals surface area contributed by atoms with Gasteiger partial charge in [-0.2, -0.15) is 0 Å². The summed E-state index contributed by atoms with van der Waals surface area (Å²) in [5.74, 6) is 1.38. The monoisotopic (exact) mass is 415 g/mol. The van der Waals surface area contributed by atoms with E-state index in [0.29, 0.717) is 12.2 Å². The number of carbonyl (C=O) groups excluding carboxylic acids is 1. The SMILES string of the molecule is O=C([C@@H]1CCCN(c2ccc3[nH]c(C(Cl)(Cl)Cl)nc3n2)C1)N1CCCC1. The molecule has 0 unspecified atom stereocenters. The van der Waals surface area contributed by atoms with E-state index < -0.39 is 3.79 Å². The third-order valence-corrected chi connectivity index (χ3v) is 5.65. The number of H-pyrrole nitrogens is 1. The fourth-order valence-corrected chi connectivity index (χ4v) is 4.04. The largest absolute Gasteiger partial charge is 0.356 e. The molecule has 6 nitrogen and oxygen atoms in total. The van der Waals surface area contributed by atoms with E-state index in [2.05, 4.69) is 19.9 Å². The Morgan fingerprint density at radius 1 is 1.12 bits per heavy atom. The molecule has 0 aliphatic carbocycles. The molecule has 2 aliphatic rings. The first kappa shape index (κ1) is 18.1.